The number of hydrogen-bond acceptors (Lipinski definition) is 6. The van der Waals surface area contributed by atoms with Gasteiger partial charge < -0.3 is 10.4 Å². The predicted molar refractivity (Wildman–Crippen MR) is 174 cm³/mol. The van der Waals surface area contributed by atoms with Crippen LogP contribution in [0.1, 0.15) is 72.1 Å². The van der Waals surface area contributed by atoms with Crippen molar-refractivity contribution in [3.05, 3.63) is 59.5 Å². The summed E-state index contributed by atoms with van der Waals surface area (Å²) >= 11 is 27.9. The van der Waals surface area contributed by atoms with Crippen LogP contribution in [0.3, 0.4) is 0 Å². The van der Waals surface area contributed by atoms with E-state index < -0.39 is 10.6 Å². The van der Waals surface area contributed by atoms with Crippen molar-refractivity contribution in [3.63, 3.8) is 0 Å². The highest BCUT2D eigenvalue weighted by Gasteiger charge is 2.59. The van der Waals surface area contributed by atoms with Crippen LogP contribution in [0.5, 0.6) is 0 Å². The molecule has 0 aromatic heterocycles. The quantitative estimate of drug-likeness (QED) is 0.0803. The first kappa shape index (κ1) is 36.8. The van der Waals surface area contributed by atoms with Crippen LogP contribution in [-0.2, 0) is 14.4 Å². The highest BCUT2D eigenvalue weighted by atomic mass is 35.5. The summed E-state index contributed by atoms with van der Waals surface area (Å²) in [6.45, 7) is 9.47. The minimum Gasteiger partial charge on any atom is -0.376 e. The average molecular weight is 711 g/mol. The Balaban J connectivity index is 0.000000215. The van der Waals surface area contributed by atoms with E-state index in [1.54, 1.807) is 6.92 Å². The van der Waals surface area contributed by atoms with E-state index in [9.17, 15) is 24.5 Å². The zero-order valence-electron chi connectivity index (χ0n) is 24.9. The number of rotatable bonds is 4. The van der Waals surface area contributed by atoms with Crippen LogP contribution in [0.2, 0.25) is 25.1 Å². The molecule has 3 fully saturated rings. The van der Waals surface area contributed by atoms with Gasteiger partial charge in [-0.1, -0.05) is 84.0 Å². The molecule has 5 rings (SSSR count). The van der Waals surface area contributed by atoms with Gasteiger partial charge in [0.15, 0.2) is 5.78 Å². The zero-order chi connectivity index (χ0) is 33.1. The van der Waals surface area contributed by atoms with Crippen molar-refractivity contribution in [2.24, 2.45) is 34.5 Å². The Hall–Kier alpha value is -1.68. The van der Waals surface area contributed by atoms with Crippen molar-refractivity contribution in [3.8, 4) is 0 Å². The van der Waals surface area contributed by atoms with Crippen molar-refractivity contribution in [2.75, 3.05) is 6.73 Å². The lowest BCUT2D eigenvalue weighted by molar-refractivity contribution is -0.384. The monoisotopic (exact) mass is 708 g/mol. The number of halogens is 5. The molecule has 0 spiro atoms. The van der Waals surface area contributed by atoms with Crippen LogP contribution in [0.25, 0.3) is 0 Å². The van der Waals surface area contributed by atoms with Gasteiger partial charge in [0.25, 0.3) is 0 Å². The highest BCUT2D eigenvalue weighted by molar-refractivity contribution is 6.56. The fourth-order valence-corrected chi connectivity index (χ4v) is 9.40. The van der Waals surface area contributed by atoms with E-state index in [1.165, 1.54) is 31.3 Å². The van der Waals surface area contributed by atoms with Gasteiger partial charge in [0.2, 0.25) is 5.91 Å². The first-order chi connectivity index (χ1) is 20.5. The minimum atomic E-state index is -0.779. The number of nitro groups is 1. The van der Waals surface area contributed by atoms with Crippen molar-refractivity contribution < 1.29 is 24.4 Å². The molecule has 6 atom stereocenters. The maximum atomic E-state index is 12.1. The molecule has 0 aliphatic heterocycles. The number of carbonyl (C=O) groups excluding carboxylic acids is 3. The van der Waals surface area contributed by atoms with E-state index in [-0.39, 0.29) is 48.6 Å². The van der Waals surface area contributed by atoms with Gasteiger partial charge in [0, 0.05) is 12.3 Å². The standard InChI is InChI=1S/C21H30O2.C6Cl5NO2.C4H7NO2/c1-13(22)17-6-7-18-16-5-4-14-12-15(23)8-10-20(14,2)19(16)9-11-21(17,18)3;7-1-2(8)4(10)6(12(13)14)5(11)3(1)9;1-2-4(7)5-3-6/h12,16-19H,4-11H2,1-3H3;;2,6H,1,3H2,(H,5,7)/t16-,17+,18-,19-,20-,21+;;/m0../s1. The van der Waals surface area contributed by atoms with Gasteiger partial charge in [-0.25, -0.2) is 0 Å². The topological polar surface area (TPSA) is 127 Å². The predicted octanol–water partition coefficient (Wildman–Crippen LogP) is 8.82. The summed E-state index contributed by atoms with van der Waals surface area (Å²) in [4.78, 5) is 43.8. The average Bonchev–Trinajstić information content (AvgIpc) is 3.33. The Labute approximate surface area is 282 Å². The van der Waals surface area contributed by atoms with Gasteiger partial charge >= 0.3 is 5.69 Å². The molecule has 3 saturated carbocycles. The van der Waals surface area contributed by atoms with Crippen molar-refractivity contribution >= 4 is 81.2 Å². The van der Waals surface area contributed by atoms with Crippen LogP contribution in [-0.4, -0.2) is 34.2 Å². The zero-order valence-corrected chi connectivity index (χ0v) is 28.6. The lowest BCUT2D eigenvalue weighted by Gasteiger charge is -2.58. The SMILES string of the molecule is C=CC(=O)NCO.CC(=O)[C@H]1CC[C@H]2[C@@H]3CCC4=CC(=O)CC[C@]4(C)[C@H]3CC[C@]12C.O=[N+]([O-])c1c(Cl)c(Cl)c(Cl)c(Cl)c1Cl. The lowest BCUT2D eigenvalue weighted by atomic mass is 9.47. The number of nitrogens with zero attached hydrogens (tertiary/aromatic N) is 1. The van der Waals surface area contributed by atoms with E-state index in [0.29, 0.717) is 17.5 Å². The van der Waals surface area contributed by atoms with Crippen LogP contribution in [0.15, 0.2) is 24.3 Å². The van der Waals surface area contributed by atoms with Gasteiger partial charge in [-0.05, 0) is 92.6 Å². The molecule has 0 saturated heterocycles. The van der Waals surface area contributed by atoms with E-state index >= 15 is 0 Å². The van der Waals surface area contributed by atoms with Crippen molar-refractivity contribution in [1.82, 2.24) is 5.32 Å². The molecule has 4 aliphatic carbocycles. The smallest absolute Gasteiger partial charge is 0.309 e. The van der Waals surface area contributed by atoms with Crippen LogP contribution in [0.4, 0.5) is 5.69 Å². The minimum absolute atomic E-state index is 0.103. The molecule has 0 unspecified atom stereocenters. The van der Waals surface area contributed by atoms with Crippen LogP contribution < -0.4 is 5.32 Å². The third-order valence-corrected chi connectivity index (χ3v) is 12.5. The van der Waals surface area contributed by atoms with E-state index in [2.05, 4.69) is 25.7 Å². The number of amides is 1. The number of carbonyl (C=O) groups is 3. The molecule has 242 valence electrons. The Morgan fingerprint density at radius 1 is 1.00 bits per heavy atom. The molecule has 1 aromatic carbocycles. The molecule has 8 nitrogen and oxygen atoms in total. The normalized spacial score (nSPS) is 30.1. The summed E-state index contributed by atoms with van der Waals surface area (Å²) in [5.74, 6) is 2.93. The Kier molecular flexibility index (Phi) is 12.4. The van der Waals surface area contributed by atoms with Crippen LogP contribution >= 0.6 is 58.0 Å². The summed E-state index contributed by atoms with van der Waals surface area (Å²) in [5, 5.41) is 19.5. The third kappa shape index (κ3) is 7.16. The summed E-state index contributed by atoms with van der Waals surface area (Å²) in [5.41, 5.74) is 1.40. The van der Waals surface area contributed by atoms with Crippen molar-refractivity contribution in [1.29, 1.82) is 0 Å². The maximum absolute atomic E-state index is 12.1. The molecule has 4 aliphatic rings. The molecule has 1 amide bonds. The van der Waals surface area contributed by atoms with Gasteiger partial charge in [-0.15, -0.1) is 0 Å². The third-order valence-electron chi connectivity index (χ3n) is 10.3. The molecule has 44 heavy (non-hydrogen) atoms. The number of nitrogens with one attached hydrogen (secondary N) is 1. The molecular formula is C31H37Cl5N2O6. The van der Waals surface area contributed by atoms with E-state index in [4.69, 9.17) is 63.1 Å². The lowest BCUT2D eigenvalue weighted by Crippen LogP contribution is -2.51. The van der Waals surface area contributed by atoms with Gasteiger partial charge in [-0.2, -0.15) is 0 Å². The fraction of sp³-hybridized carbons (Fsp3) is 0.581. The first-order valence-electron chi connectivity index (χ1n) is 14.5. The number of benzene rings is 1. The largest absolute Gasteiger partial charge is 0.376 e. The molecular weight excluding hydrogens is 674 g/mol. The second-order valence-electron chi connectivity index (χ2n) is 12.3. The maximum Gasteiger partial charge on any atom is 0.309 e. The van der Waals surface area contributed by atoms with Gasteiger partial charge in [-0.3, -0.25) is 24.5 Å². The number of allylic oxidation sites excluding steroid dienone is 1. The van der Waals surface area contributed by atoms with Crippen LogP contribution in [0, 0.1) is 44.6 Å². The number of aliphatic hydroxyl groups is 1. The number of Topliss-reactive ketones (excluding diaryl/α,β-unsaturated/α-hetero) is 1. The fourth-order valence-electron chi connectivity index (χ4n) is 8.13. The Morgan fingerprint density at radius 2 is 1.59 bits per heavy atom. The summed E-state index contributed by atoms with van der Waals surface area (Å²) in [6, 6.07) is 0. The second kappa shape index (κ2) is 14.8. The number of ketones is 2. The van der Waals surface area contributed by atoms with E-state index in [1.807, 2.05) is 6.08 Å². The Bertz CT molecular complexity index is 1350. The number of hydrogen-bond donors (Lipinski definition) is 2. The van der Waals surface area contributed by atoms with E-state index in [0.717, 1.165) is 49.5 Å². The Morgan fingerprint density at radius 3 is 2.09 bits per heavy atom. The molecule has 0 bridgehead atoms. The molecule has 2 N–H and O–H groups in total. The van der Waals surface area contributed by atoms with Gasteiger partial charge in [0.1, 0.15) is 22.6 Å². The summed E-state index contributed by atoms with van der Waals surface area (Å²) in [6.07, 6.45) is 12.0. The molecule has 0 heterocycles. The number of nitro benzene ring substituents is 1. The second-order valence-corrected chi connectivity index (χ2v) is 14.2. The number of aliphatic hydroxyl groups excluding tert-OH is 1. The first-order valence-corrected chi connectivity index (χ1v) is 16.3. The molecule has 0 radical (unpaired) electrons. The molecule has 1 aromatic rings. The summed E-state index contributed by atoms with van der Waals surface area (Å²) in [7, 11) is 0. The highest BCUT2D eigenvalue weighted by Crippen LogP contribution is 2.66. The summed E-state index contributed by atoms with van der Waals surface area (Å²) < 4.78 is 0. The van der Waals surface area contributed by atoms with Crippen molar-refractivity contribution in [2.45, 2.75) is 72.1 Å². The molecule has 13 heteroatoms. The van der Waals surface area contributed by atoms with Gasteiger partial charge in [0.05, 0.1) is 20.0 Å². The number of fused-ring (bicyclic) bond motifs is 5.